The van der Waals surface area contributed by atoms with Crippen LogP contribution in [0.1, 0.15) is 20.7 Å². The number of carboxylic acid groups (broad SMARTS) is 2. The minimum absolute atomic E-state index is 0.0755. The molecule has 2 rings (SSSR count). The Balaban J connectivity index is 2.83. The molecule has 0 fully saturated rings. The molecule has 25 heavy (non-hydrogen) atoms. The Labute approximate surface area is 138 Å². The molecular formula is C14H9N3O8. The summed E-state index contributed by atoms with van der Waals surface area (Å²) in [5, 5.41) is 40.3. The van der Waals surface area contributed by atoms with Crippen LogP contribution < -0.4 is 5.73 Å². The summed E-state index contributed by atoms with van der Waals surface area (Å²) >= 11 is 0. The van der Waals surface area contributed by atoms with Crippen LogP contribution in [-0.2, 0) is 0 Å². The van der Waals surface area contributed by atoms with Crippen molar-refractivity contribution in [2.75, 3.05) is 5.73 Å². The van der Waals surface area contributed by atoms with E-state index in [0.717, 1.165) is 6.07 Å². The fourth-order valence-electron chi connectivity index (χ4n) is 2.25. The molecule has 0 saturated carbocycles. The number of nitrogens with zero attached hydrogens (tertiary/aromatic N) is 2. The summed E-state index contributed by atoms with van der Waals surface area (Å²) in [6.45, 7) is 0. The number of carbonyl (C=O) groups is 2. The average Bonchev–Trinajstić information content (AvgIpc) is 2.53. The Hall–Kier alpha value is -4.02. The maximum atomic E-state index is 11.2. The topological polar surface area (TPSA) is 187 Å². The Morgan fingerprint density at radius 1 is 0.960 bits per heavy atom. The zero-order chi connectivity index (χ0) is 18.9. The number of nitrogen functional groups attached to an aromatic ring is 1. The highest BCUT2D eigenvalue weighted by Crippen LogP contribution is 2.41. The van der Waals surface area contributed by atoms with E-state index >= 15 is 0 Å². The number of hydrogen-bond donors (Lipinski definition) is 3. The smallest absolute Gasteiger partial charge is 0.349 e. The lowest BCUT2D eigenvalue weighted by Crippen LogP contribution is -2.10. The van der Waals surface area contributed by atoms with Crippen molar-refractivity contribution in [3.8, 4) is 11.1 Å². The minimum atomic E-state index is -1.86. The van der Waals surface area contributed by atoms with Crippen LogP contribution in [0.2, 0.25) is 0 Å². The van der Waals surface area contributed by atoms with Gasteiger partial charge in [-0.05, 0) is 17.7 Å². The lowest BCUT2D eigenvalue weighted by Gasteiger charge is -2.09. The zero-order valence-corrected chi connectivity index (χ0v) is 12.2. The van der Waals surface area contributed by atoms with E-state index < -0.39 is 44.4 Å². The van der Waals surface area contributed by atoms with Gasteiger partial charge in [-0.15, -0.1) is 0 Å². The van der Waals surface area contributed by atoms with Crippen LogP contribution in [0.4, 0.5) is 17.1 Å². The first-order chi connectivity index (χ1) is 11.6. The van der Waals surface area contributed by atoms with Crippen LogP contribution in [0.5, 0.6) is 0 Å². The normalized spacial score (nSPS) is 10.2. The van der Waals surface area contributed by atoms with Gasteiger partial charge in [0.1, 0.15) is 5.69 Å². The molecule has 0 bridgehead atoms. The summed E-state index contributed by atoms with van der Waals surface area (Å²) in [7, 11) is 0. The van der Waals surface area contributed by atoms with Gasteiger partial charge in [-0.2, -0.15) is 0 Å². The third-order valence-corrected chi connectivity index (χ3v) is 3.36. The summed E-state index contributed by atoms with van der Waals surface area (Å²) in [5.41, 5.74) is 1.82. The van der Waals surface area contributed by atoms with Crippen LogP contribution >= 0.6 is 0 Å². The third kappa shape index (κ3) is 3.06. The molecule has 0 atom stereocenters. The first-order valence-corrected chi connectivity index (χ1v) is 6.47. The number of nitro groups is 2. The molecular weight excluding hydrogens is 338 g/mol. The first kappa shape index (κ1) is 17.3. The van der Waals surface area contributed by atoms with Crippen molar-refractivity contribution >= 4 is 29.0 Å². The molecule has 0 aliphatic rings. The molecule has 128 valence electrons. The number of anilines is 1. The van der Waals surface area contributed by atoms with Crippen LogP contribution in [0.15, 0.2) is 30.3 Å². The molecule has 0 unspecified atom stereocenters. The van der Waals surface area contributed by atoms with Gasteiger partial charge >= 0.3 is 17.6 Å². The van der Waals surface area contributed by atoms with Gasteiger partial charge in [0.2, 0.25) is 5.56 Å². The first-order valence-electron chi connectivity index (χ1n) is 6.47. The Kier molecular flexibility index (Phi) is 4.32. The van der Waals surface area contributed by atoms with Gasteiger partial charge in [-0.3, -0.25) is 20.2 Å². The molecule has 11 heteroatoms. The zero-order valence-electron chi connectivity index (χ0n) is 12.2. The number of rotatable bonds is 5. The number of nitro benzene ring substituents is 2. The number of aromatic carboxylic acids is 2. The van der Waals surface area contributed by atoms with E-state index in [2.05, 4.69) is 0 Å². The van der Waals surface area contributed by atoms with E-state index in [1.165, 1.54) is 24.3 Å². The van der Waals surface area contributed by atoms with Crippen LogP contribution in [-0.4, -0.2) is 32.0 Å². The molecule has 0 amide bonds. The second-order valence-electron chi connectivity index (χ2n) is 4.78. The summed E-state index contributed by atoms with van der Waals surface area (Å²) < 4.78 is 0. The Bertz CT molecular complexity index is 921. The van der Waals surface area contributed by atoms with Gasteiger partial charge in [0.05, 0.1) is 15.4 Å². The molecule has 2 aromatic carbocycles. The predicted molar refractivity (Wildman–Crippen MR) is 83.5 cm³/mol. The highest BCUT2D eigenvalue weighted by atomic mass is 16.6. The quantitative estimate of drug-likeness (QED) is 0.413. The van der Waals surface area contributed by atoms with Gasteiger partial charge in [-0.25, -0.2) is 9.59 Å². The average molecular weight is 347 g/mol. The van der Waals surface area contributed by atoms with Gasteiger partial charge in [0.15, 0.2) is 0 Å². The summed E-state index contributed by atoms with van der Waals surface area (Å²) in [5.74, 6) is -3.07. The van der Waals surface area contributed by atoms with E-state index in [1.807, 2.05) is 0 Å². The van der Waals surface area contributed by atoms with Crippen LogP contribution in [0, 0.1) is 20.2 Å². The highest BCUT2D eigenvalue weighted by Gasteiger charge is 2.35. The van der Waals surface area contributed by atoms with Gasteiger partial charge in [0, 0.05) is 11.6 Å². The molecule has 2 aromatic rings. The Morgan fingerprint density at radius 2 is 1.52 bits per heavy atom. The lowest BCUT2D eigenvalue weighted by molar-refractivity contribution is -0.394. The summed E-state index contributed by atoms with van der Waals surface area (Å²) in [4.78, 5) is 42.3. The van der Waals surface area contributed by atoms with E-state index in [9.17, 15) is 29.8 Å². The summed E-state index contributed by atoms with van der Waals surface area (Å²) in [6, 6.07) is 5.67. The predicted octanol–water partition coefficient (Wildman–Crippen LogP) is 2.15. The number of nitrogens with two attached hydrogens (primary N) is 1. The second-order valence-corrected chi connectivity index (χ2v) is 4.78. The number of hydrogen-bond acceptors (Lipinski definition) is 7. The van der Waals surface area contributed by atoms with Crippen molar-refractivity contribution in [1.29, 1.82) is 0 Å². The lowest BCUT2D eigenvalue weighted by atomic mass is 9.97. The number of carboxylic acids is 2. The standard InChI is InChI=1S/C14H9N3O8/c15-11-8(6-1-3-7(4-2-6)13(18)19)5-9(16(22)23)10(14(20)21)12(11)17(24)25/h1-5H,15H2,(H,18,19)(H,20,21). The van der Waals surface area contributed by atoms with Crippen LogP contribution in [0.3, 0.4) is 0 Å². The maximum Gasteiger partial charge on any atom is 0.349 e. The number of benzene rings is 2. The molecule has 0 heterocycles. The maximum absolute atomic E-state index is 11.2. The SMILES string of the molecule is Nc1c(-c2ccc(C(=O)O)cc2)cc([N+](=O)[O-])c(C(=O)O)c1[N+](=O)[O-]. The molecule has 0 aliphatic carbocycles. The van der Waals surface area contributed by atoms with Crippen molar-refractivity contribution in [3.63, 3.8) is 0 Å². The second kappa shape index (κ2) is 6.23. The Morgan fingerprint density at radius 3 is 1.92 bits per heavy atom. The van der Waals surface area contributed by atoms with Crippen molar-refractivity contribution in [1.82, 2.24) is 0 Å². The van der Waals surface area contributed by atoms with Gasteiger partial charge in [0.25, 0.3) is 5.69 Å². The molecule has 0 spiro atoms. The third-order valence-electron chi connectivity index (χ3n) is 3.36. The van der Waals surface area contributed by atoms with Crippen molar-refractivity contribution in [2.45, 2.75) is 0 Å². The monoisotopic (exact) mass is 347 g/mol. The van der Waals surface area contributed by atoms with E-state index in [-0.39, 0.29) is 16.7 Å². The fraction of sp³-hybridized carbons (Fsp3) is 0. The van der Waals surface area contributed by atoms with Gasteiger partial charge in [-0.1, -0.05) is 12.1 Å². The summed E-state index contributed by atoms with van der Waals surface area (Å²) in [6.07, 6.45) is 0. The molecule has 4 N–H and O–H groups in total. The molecule has 0 aliphatic heterocycles. The molecule has 0 saturated heterocycles. The molecule has 0 radical (unpaired) electrons. The fourth-order valence-corrected chi connectivity index (χ4v) is 2.25. The largest absolute Gasteiger partial charge is 0.478 e. The molecule has 0 aromatic heterocycles. The van der Waals surface area contributed by atoms with Crippen LogP contribution in [0.25, 0.3) is 11.1 Å². The van der Waals surface area contributed by atoms with Gasteiger partial charge < -0.3 is 15.9 Å². The van der Waals surface area contributed by atoms with Crippen molar-refractivity contribution in [2.24, 2.45) is 0 Å². The van der Waals surface area contributed by atoms with E-state index in [4.69, 9.17) is 15.9 Å². The van der Waals surface area contributed by atoms with Crippen molar-refractivity contribution in [3.05, 3.63) is 61.7 Å². The minimum Gasteiger partial charge on any atom is -0.478 e. The highest BCUT2D eigenvalue weighted by molar-refractivity contribution is 6.03. The molecule has 11 nitrogen and oxygen atoms in total. The van der Waals surface area contributed by atoms with Crippen molar-refractivity contribution < 1.29 is 29.6 Å². The van der Waals surface area contributed by atoms with E-state index in [0.29, 0.717) is 0 Å². The van der Waals surface area contributed by atoms with E-state index in [1.54, 1.807) is 0 Å².